The maximum atomic E-state index is 13.5. The number of hydrogen-bond donors (Lipinski definition) is 1. The molecule has 1 N–H and O–H groups in total. The van der Waals surface area contributed by atoms with Crippen LogP contribution in [0.2, 0.25) is 5.02 Å². The maximum Gasteiger partial charge on any atom is 0.433 e. The van der Waals surface area contributed by atoms with Crippen molar-refractivity contribution in [2.24, 2.45) is 11.3 Å². The van der Waals surface area contributed by atoms with Crippen molar-refractivity contribution < 1.29 is 18.0 Å². The zero-order chi connectivity index (χ0) is 27.7. The Kier molecular flexibility index (Phi) is 8.40. The number of amides is 1. The van der Waals surface area contributed by atoms with E-state index in [1.807, 2.05) is 0 Å². The molecule has 0 aliphatic heterocycles. The molecule has 0 spiro atoms. The number of nitrogens with zero attached hydrogens (tertiary/aromatic N) is 3. The second kappa shape index (κ2) is 11.2. The van der Waals surface area contributed by atoms with E-state index in [2.05, 4.69) is 42.1 Å². The van der Waals surface area contributed by atoms with Crippen molar-refractivity contribution >= 4 is 45.6 Å². The van der Waals surface area contributed by atoms with E-state index in [1.54, 1.807) is 24.3 Å². The molecule has 5 nitrogen and oxygen atoms in total. The van der Waals surface area contributed by atoms with Gasteiger partial charge in [-0.1, -0.05) is 62.7 Å². The number of fused-ring (bicyclic) bond motifs is 1. The number of nitrogens with one attached hydrogen (secondary N) is 1. The molecule has 2 aromatic heterocycles. The van der Waals surface area contributed by atoms with Crippen LogP contribution in [-0.2, 0) is 23.8 Å². The van der Waals surface area contributed by atoms with Crippen LogP contribution in [-0.4, -0.2) is 21.6 Å². The lowest BCUT2D eigenvalue weighted by Gasteiger charge is -2.36. The maximum absolute atomic E-state index is 13.5. The standard InChI is InChI=1S/C27H26ClF3N4OS2/c1-4-26(2,3)16-7-10-18-19(13-32)24(38-21(18)11-16)35-23(36)14-37-25-33-20(12-22(34-25)27(29,30)31)15-5-8-17(28)9-6-15/h5-6,8-9,12,16H,4,7,10-11,14H2,1-3H3,(H,35,36)/t16-/m1/s1. The van der Waals surface area contributed by atoms with Crippen LogP contribution in [0.1, 0.15) is 55.3 Å². The van der Waals surface area contributed by atoms with Crippen molar-refractivity contribution in [1.82, 2.24) is 9.97 Å². The molecule has 0 saturated heterocycles. The normalized spacial score (nSPS) is 15.6. The lowest BCUT2D eigenvalue weighted by atomic mass is 9.69. The zero-order valence-corrected chi connectivity index (χ0v) is 23.5. The molecule has 1 aliphatic carbocycles. The van der Waals surface area contributed by atoms with Crippen LogP contribution in [0.25, 0.3) is 11.3 Å². The van der Waals surface area contributed by atoms with E-state index in [0.29, 0.717) is 27.1 Å². The molecule has 38 heavy (non-hydrogen) atoms. The average Bonchev–Trinajstić information content (AvgIpc) is 3.23. The molecule has 1 amide bonds. The molecular formula is C27H26ClF3N4OS2. The second-order valence-corrected chi connectivity index (χ2v) is 12.3. The SMILES string of the molecule is CCC(C)(C)[C@@H]1CCc2c(sc(NC(=O)CSc3nc(-c4ccc(Cl)cc4)cc(C(F)(F)F)n3)c2C#N)C1. The van der Waals surface area contributed by atoms with Gasteiger partial charge in [-0.05, 0) is 54.4 Å². The molecule has 0 saturated carbocycles. The Morgan fingerprint density at radius 1 is 1.26 bits per heavy atom. The number of carbonyl (C=O) groups is 1. The first-order chi connectivity index (χ1) is 17.9. The summed E-state index contributed by atoms with van der Waals surface area (Å²) >= 11 is 8.12. The molecule has 4 rings (SSSR count). The van der Waals surface area contributed by atoms with Crippen molar-refractivity contribution in [2.75, 3.05) is 11.1 Å². The van der Waals surface area contributed by atoms with Gasteiger partial charge >= 0.3 is 6.18 Å². The summed E-state index contributed by atoms with van der Waals surface area (Å²) in [7, 11) is 0. The highest BCUT2D eigenvalue weighted by atomic mass is 35.5. The second-order valence-electron chi connectivity index (χ2n) is 9.86. The number of carbonyl (C=O) groups excluding carboxylic acids is 1. The van der Waals surface area contributed by atoms with Crippen LogP contribution in [0.5, 0.6) is 0 Å². The Morgan fingerprint density at radius 2 is 1.97 bits per heavy atom. The molecule has 0 fully saturated rings. The van der Waals surface area contributed by atoms with Crippen LogP contribution in [0.15, 0.2) is 35.5 Å². The molecule has 0 radical (unpaired) electrons. The summed E-state index contributed by atoms with van der Waals surface area (Å²) in [5.74, 6) is -0.151. The number of thioether (sulfide) groups is 1. The van der Waals surface area contributed by atoms with Gasteiger partial charge in [0.2, 0.25) is 5.91 Å². The van der Waals surface area contributed by atoms with Gasteiger partial charge in [0.15, 0.2) is 5.16 Å². The summed E-state index contributed by atoms with van der Waals surface area (Å²) in [5, 5.41) is 13.3. The number of alkyl halides is 3. The number of thiophene rings is 1. The Bertz CT molecular complexity index is 1380. The fourth-order valence-corrected chi connectivity index (χ4v) is 6.52. The van der Waals surface area contributed by atoms with E-state index >= 15 is 0 Å². The number of hydrogen-bond acceptors (Lipinski definition) is 6. The number of halogens is 4. The number of rotatable bonds is 7. The molecule has 2 heterocycles. The van der Waals surface area contributed by atoms with E-state index in [1.165, 1.54) is 11.3 Å². The molecule has 200 valence electrons. The summed E-state index contributed by atoms with van der Waals surface area (Å²) in [6.07, 6.45) is -0.971. The van der Waals surface area contributed by atoms with Gasteiger partial charge in [-0.15, -0.1) is 11.3 Å². The monoisotopic (exact) mass is 578 g/mol. The summed E-state index contributed by atoms with van der Waals surface area (Å²) in [6.45, 7) is 6.70. The first-order valence-electron chi connectivity index (χ1n) is 12.1. The summed E-state index contributed by atoms with van der Waals surface area (Å²) < 4.78 is 40.5. The predicted octanol–water partition coefficient (Wildman–Crippen LogP) is 8.02. The van der Waals surface area contributed by atoms with Crippen molar-refractivity contribution in [2.45, 2.75) is 57.8 Å². The third kappa shape index (κ3) is 6.33. The predicted molar refractivity (Wildman–Crippen MR) is 145 cm³/mol. The van der Waals surface area contributed by atoms with Crippen molar-refractivity contribution in [3.05, 3.63) is 57.1 Å². The summed E-state index contributed by atoms with van der Waals surface area (Å²) in [4.78, 5) is 21.8. The Balaban J connectivity index is 1.50. The molecule has 1 aromatic carbocycles. The molecule has 11 heteroatoms. The number of benzene rings is 1. The third-order valence-electron chi connectivity index (χ3n) is 7.11. The highest BCUT2D eigenvalue weighted by molar-refractivity contribution is 7.99. The zero-order valence-electron chi connectivity index (χ0n) is 21.1. The van der Waals surface area contributed by atoms with Crippen LogP contribution < -0.4 is 5.32 Å². The highest BCUT2D eigenvalue weighted by Gasteiger charge is 2.35. The van der Waals surface area contributed by atoms with E-state index in [-0.39, 0.29) is 22.0 Å². The summed E-state index contributed by atoms with van der Waals surface area (Å²) in [6, 6.07) is 9.37. The van der Waals surface area contributed by atoms with Gasteiger partial charge in [-0.25, -0.2) is 9.97 Å². The van der Waals surface area contributed by atoms with Gasteiger partial charge in [-0.2, -0.15) is 18.4 Å². The minimum Gasteiger partial charge on any atom is -0.316 e. The molecule has 0 unspecified atom stereocenters. The van der Waals surface area contributed by atoms with Crippen LogP contribution in [0, 0.1) is 22.7 Å². The molecule has 0 bridgehead atoms. The number of aromatic nitrogens is 2. The van der Waals surface area contributed by atoms with Crippen molar-refractivity contribution in [3.63, 3.8) is 0 Å². The number of anilines is 1. The van der Waals surface area contributed by atoms with Gasteiger partial charge in [0.25, 0.3) is 0 Å². The Hall–Kier alpha value is -2.61. The van der Waals surface area contributed by atoms with Crippen molar-refractivity contribution in [3.8, 4) is 17.3 Å². The fraction of sp³-hybridized carbons (Fsp3) is 0.407. The lowest BCUT2D eigenvalue weighted by Crippen LogP contribution is -2.28. The largest absolute Gasteiger partial charge is 0.433 e. The minimum absolute atomic E-state index is 0.0779. The molecule has 1 aliphatic rings. The van der Waals surface area contributed by atoms with Crippen LogP contribution in [0.3, 0.4) is 0 Å². The Labute approximate surface area is 232 Å². The average molecular weight is 579 g/mol. The Morgan fingerprint density at radius 3 is 2.61 bits per heavy atom. The van der Waals surface area contributed by atoms with Gasteiger partial charge < -0.3 is 5.32 Å². The number of nitriles is 1. The fourth-order valence-electron chi connectivity index (χ4n) is 4.44. The van der Waals surface area contributed by atoms with Gasteiger partial charge in [0.1, 0.15) is 16.8 Å². The summed E-state index contributed by atoms with van der Waals surface area (Å²) in [5.41, 5.74) is 1.09. The topological polar surface area (TPSA) is 78.7 Å². The van der Waals surface area contributed by atoms with E-state index < -0.39 is 17.8 Å². The van der Waals surface area contributed by atoms with Crippen LogP contribution in [0.4, 0.5) is 18.2 Å². The highest BCUT2D eigenvalue weighted by Crippen LogP contribution is 2.45. The van der Waals surface area contributed by atoms with Gasteiger partial charge in [-0.3, -0.25) is 4.79 Å². The quantitative estimate of drug-likeness (QED) is 0.227. The first-order valence-corrected chi connectivity index (χ1v) is 14.3. The van der Waals surface area contributed by atoms with E-state index in [9.17, 15) is 23.2 Å². The smallest absolute Gasteiger partial charge is 0.316 e. The lowest BCUT2D eigenvalue weighted by molar-refractivity contribution is -0.141. The van der Waals surface area contributed by atoms with E-state index in [0.717, 1.165) is 54.0 Å². The van der Waals surface area contributed by atoms with Crippen molar-refractivity contribution in [1.29, 1.82) is 5.26 Å². The molecular weight excluding hydrogens is 553 g/mol. The minimum atomic E-state index is -4.68. The first kappa shape index (κ1) is 28.4. The van der Waals surface area contributed by atoms with Gasteiger partial charge in [0.05, 0.1) is 17.0 Å². The van der Waals surface area contributed by atoms with Gasteiger partial charge in [0, 0.05) is 15.5 Å². The third-order valence-corrected chi connectivity index (χ3v) is 9.38. The van der Waals surface area contributed by atoms with E-state index in [4.69, 9.17) is 11.6 Å². The molecule has 3 aromatic rings. The van der Waals surface area contributed by atoms with Crippen LogP contribution >= 0.6 is 34.7 Å². The molecule has 1 atom stereocenters.